The molecule has 1 atom stereocenters. The van der Waals surface area contributed by atoms with Gasteiger partial charge in [0.05, 0.1) is 13.2 Å². The first-order chi connectivity index (χ1) is 9.79. The maximum Gasteiger partial charge on any atom is 0.314 e. The first-order valence-electron chi connectivity index (χ1n) is 7.85. The SMILES string of the molecule is CCN1CCCC1CNC(=O)NCCN1CCOCC1. The van der Waals surface area contributed by atoms with Crippen molar-refractivity contribution in [1.29, 1.82) is 0 Å². The average Bonchev–Trinajstić information content (AvgIpc) is 2.94. The van der Waals surface area contributed by atoms with Crippen molar-refractivity contribution in [2.24, 2.45) is 0 Å². The Bertz CT molecular complexity index is 295. The summed E-state index contributed by atoms with van der Waals surface area (Å²) in [5.74, 6) is 0. The Morgan fingerprint density at radius 1 is 1.25 bits per heavy atom. The van der Waals surface area contributed by atoms with Crippen LogP contribution < -0.4 is 10.6 Å². The summed E-state index contributed by atoms with van der Waals surface area (Å²) < 4.78 is 5.30. The first kappa shape index (κ1) is 15.5. The van der Waals surface area contributed by atoms with Crippen LogP contribution in [0.15, 0.2) is 0 Å². The quantitative estimate of drug-likeness (QED) is 0.726. The lowest BCUT2D eigenvalue weighted by Gasteiger charge is -2.26. The van der Waals surface area contributed by atoms with Gasteiger partial charge in [-0.15, -0.1) is 0 Å². The van der Waals surface area contributed by atoms with Gasteiger partial charge in [0.1, 0.15) is 0 Å². The minimum absolute atomic E-state index is 0.0405. The molecule has 2 saturated heterocycles. The summed E-state index contributed by atoms with van der Waals surface area (Å²) in [5.41, 5.74) is 0. The lowest BCUT2D eigenvalue weighted by molar-refractivity contribution is 0.0387. The van der Waals surface area contributed by atoms with E-state index in [9.17, 15) is 4.79 Å². The maximum absolute atomic E-state index is 11.8. The number of nitrogens with one attached hydrogen (secondary N) is 2. The van der Waals surface area contributed by atoms with Crippen LogP contribution in [0, 0.1) is 0 Å². The van der Waals surface area contributed by atoms with Crippen LogP contribution in [0.1, 0.15) is 19.8 Å². The Labute approximate surface area is 121 Å². The van der Waals surface area contributed by atoms with Crippen molar-refractivity contribution in [2.45, 2.75) is 25.8 Å². The van der Waals surface area contributed by atoms with Gasteiger partial charge in [0.15, 0.2) is 0 Å². The van der Waals surface area contributed by atoms with Gasteiger partial charge < -0.3 is 15.4 Å². The van der Waals surface area contributed by atoms with Gasteiger partial charge in [-0.05, 0) is 25.9 Å². The molecule has 2 aliphatic rings. The molecular weight excluding hydrogens is 256 g/mol. The van der Waals surface area contributed by atoms with E-state index in [4.69, 9.17) is 4.74 Å². The van der Waals surface area contributed by atoms with E-state index in [1.54, 1.807) is 0 Å². The molecule has 1 unspecified atom stereocenters. The van der Waals surface area contributed by atoms with Gasteiger partial charge >= 0.3 is 6.03 Å². The normalized spacial score (nSPS) is 24.8. The number of nitrogens with zero attached hydrogens (tertiary/aromatic N) is 2. The Balaban J connectivity index is 1.53. The van der Waals surface area contributed by atoms with E-state index in [1.165, 1.54) is 19.4 Å². The summed E-state index contributed by atoms with van der Waals surface area (Å²) in [6, 6.07) is 0.478. The summed E-state index contributed by atoms with van der Waals surface area (Å²) in [7, 11) is 0. The highest BCUT2D eigenvalue weighted by Crippen LogP contribution is 2.15. The second kappa shape index (κ2) is 8.44. The Hall–Kier alpha value is -0.850. The molecule has 0 aromatic carbocycles. The zero-order chi connectivity index (χ0) is 14.2. The lowest BCUT2D eigenvalue weighted by atomic mass is 10.2. The standard InChI is InChI=1S/C14H28N4O2/c1-2-18-6-3-4-13(18)12-16-14(19)15-5-7-17-8-10-20-11-9-17/h13H,2-12H2,1H3,(H2,15,16,19). The highest BCUT2D eigenvalue weighted by molar-refractivity contribution is 5.73. The Kier molecular flexibility index (Phi) is 6.56. The summed E-state index contributed by atoms with van der Waals surface area (Å²) in [5, 5.41) is 5.93. The number of hydrogen-bond acceptors (Lipinski definition) is 4. The van der Waals surface area contributed by atoms with E-state index in [0.717, 1.165) is 45.9 Å². The molecule has 0 radical (unpaired) electrons. The topological polar surface area (TPSA) is 56.8 Å². The zero-order valence-electron chi connectivity index (χ0n) is 12.6. The number of morpholine rings is 1. The van der Waals surface area contributed by atoms with Gasteiger partial charge in [0.2, 0.25) is 0 Å². The van der Waals surface area contributed by atoms with Crippen molar-refractivity contribution >= 4 is 6.03 Å². The van der Waals surface area contributed by atoms with Gasteiger partial charge in [0, 0.05) is 38.8 Å². The van der Waals surface area contributed by atoms with Gasteiger partial charge in [0.25, 0.3) is 0 Å². The predicted octanol–water partition coefficient (Wildman–Crippen LogP) is 0.102. The number of likely N-dealkylation sites (N-methyl/N-ethyl adjacent to an activating group) is 1. The number of amides is 2. The minimum Gasteiger partial charge on any atom is -0.379 e. The lowest BCUT2D eigenvalue weighted by Crippen LogP contribution is -2.46. The van der Waals surface area contributed by atoms with Crippen molar-refractivity contribution in [2.75, 3.05) is 59.0 Å². The fraction of sp³-hybridized carbons (Fsp3) is 0.929. The molecule has 0 aromatic heterocycles. The second-order valence-corrected chi connectivity index (χ2v) is 5.52. The Morgan fingerprint density at radius 2 is 2.05 bits per heavy atom. The van der Waals surface area contributed by atoms with Crippen LogP contribution in [0.5, 0.6) is 0 Å². The number of urea groups is 1. The fourth-order valence-electron chi connectivity index (χ4n) is 2.97. The summed E-state index contributed by atoms with van der Waals surface area (Å²) in [6.45, 7) is 10.3. The highest BCUT2D eigenvalue weighted by Gasteiger charge is 2.22. The van der Waals surface area contributed by atoms with Crippen LogP contribution >= 0.6 is 0 Å². The highest BCUT2D eigenvalue weighted by atomic mass is 16.5. The van der Waals surface area contributed by atoms with Crippen molar-refractivity contribution in [3.8, 4) is 0 Å². The van der Waals surface area contributed by atoms with Gasteiger partial charge in [-0.2, -0.15) is 0 Å². The monoisotopic (exact) mass is 284 g/mol. The van der Waals surface area contributed by atoms with Crippen molar-refractivity contribution in [3.63, 3.8) is 0 Å². The number of carbonyl (C=O) groups is 1. The van der Waals surface area contributed by atoms with Crippen LogP contribution in [0.4, 0.5) is 4.79 Å². The summed E-state index contributed by atoms with van der Waals surface area (Å²) in [6.07, 6.45) is 2.45. The minimum atomic E-state index is -0.0405. The molecule has 2 fully saturated rings. The van der Waals surface area contributed by atoms with Crippen LogP contribution in [0.25, 0.3) is 0 Å². The summed E-state index contributed by atoms with van der Waals surface area (Å²) in [4.78, 5) is 16.5. The molecule has 2 aliphatic heterocycles. The van der Waals surface area contributed by atoms with E-state index in [-0.39, 0.29) is 6.03 Å². The predicted molar refractivity (Wildman–Crippen MR) is 78.9 cm³/mol. The number of likely N-dealkylation sites (tertiary alicyclic amines) is 1. The van der Waals surface area contributed by atoms with Gasteiger partial charge in [-0.25, -0.2) is 4.79 Å². The zero-order valence-corrected chi connectivity index (χ0v) is 12.6. The second-order valence-electron chi connectivity index (χ2n) is 5.52. The van der Waals surface area contributed by atoms with Crippen LogP contribution in [-0.2, 0) is 4.74 Å². The molecule has 6 heteroatoms. The number of ether oxygens (including phenoxy) is 1. The molecule has 0 saturated carbocycles. The first-order valence-corrected chi connectivity index (χ1v) is 7.85. The smallest absolute Gasteiger partial charge is 0.314 e. The van der Waals surface area contributed by atoms with E-state index in [0.29, 0.717) is 12.6 Å². The number of rotatable bonds is 6. The maximum atomic E-state index is 11.8. The molecule has 0 spiro atoms. The largest absolute Gasteiger partial charge is 0.379 e. The molecule has 2 N–H and O–H groups in total. The molecule has 20 heavy (non-hydrogen) atoms. The van der Waals surface area contributed by atoms with Crippen LogP contribution in [-0.4, -0.2) is 80.9 Å². The van der Waals surface area contributed by atoms with E-state index in [2.05, 4.69) is 27.4 Å². The number of carbonyl (C=O) groups excluding carboxylic acids is 1. The van der Waals surface area contributed by atoms with Crippen LogP contribution in [0.2, 0.25) is 0 Å². The number of hydrogen-bond donors (Lipinski definition) is 2. The molecule has 0 bridgehead atoms. The van der Waals surface area contributed by atoms with E-state index < -0.39 is 0 Å². The fourth-order valence-corrected chi connectivity index (χ4v) is 2.97. The molecule has 6 nitrogen and oxygen atoms in total. The van der Waals surface area contributed by atoms with Crippen molar-refractivity contribution in [1.82, 2.24) is 20.4 Å². The molecule has 2 rings (SSSR count). The van der Waals surface area contributed by atoms with Gasteiger partial charge in [-0.3, -0.25) is 9.80 Å². The third-order valence-electron chi connectivity index (χ3n) is 4.22. The molecule has 0 aliphatic carbocycles. The van der Waals surface area contributed by atoms with Crippen molar-refractivity contribution in [3.05, 3.63) is 0 Å². The molecule has 2 amide bonds. The third-order valence-corrected chi connectivity index (χ3v) is 4.22. The average molecular weight is 284 g/mol. The van der Waals surface area contributed by atoms with E-state index in [1.807, 2.05) is 0 Å². The molecule has 2 heterocycles. The van der Waals surface area contributed by atoms with Crippen molar-refractivity contribution < 1.29 is 9.53 Å². The van der Waals surface area contributed by atoms with Gasteiger partial charge in [-0.1, -0.05) is 6.92 Å². The third kappa shape index (κ3) is 4.92. The molecule has 0 aromatic rings. The molecule has 116 valence electrons. The van der Waals surface area contributed by atoms with Crippen LogP contribution in [0.3, 0.4) is 0 Å². The summed E-state index contributed by atoms with van der Waals surface area (Å²) >= 11 is 0. The molecular formula is C14H28N4O2. The Morgan fingerprint density at radius 3 is 2.80 bits per heavy atom. The van der Waals surface area contributed by atoms with E-state index >= 15 is 0 Å².